The third kappa shape index (κ3) is 3.90. The lowest BCUT2D eigenvalue weighted by Crippen LogP contribution is -2.35. The van der Waals surface area contributed by atoms with Crippen LogP contribution in [0.2, 0.25) is 0 Å². The van der Waals surface area contributed by atoms with Crippen LogP contribution in [-0.4, -0.2) is 24.4 Å². The van der Waals surface area contributed by atoms with Crippen molar-refractivity contribution in [3.63, 3.8) is 0 Å². The van der Waals surface area contributed by atoms with E-state index in [1.807, 2.05) is 30.3 Å². The molecule has 3 aromatic rings. The number of aliphatic hydroxyl groups excluding tert-OH is 1. The average molecular weight is 347 g/mol. The molecule has 1 aliphatic carbocycles. The van der Waals surface area contributed by atoms with Crippen molar-refractivity contribution >= 4 is 10.8 Å². The summed E-state index contributed by atoms with van der Waals surface area (Å²) in [5, 5.41) is 16.2. The highest BCUT2D eigenvalue weighted by atomic mass is 16.5. The summed E-state index contributed by atoms with van der Waals surface area (Å²) in [5.41, 5.74) is 2.81. The van der Waals surface area contributed by atoms with Gasteiger partial charge in [-0.2, -0.15) is 0 Å². The Morgan fingerprint density at radius 1 is 1.00 bits per heavy atom. The summed E-state index contributed by atoms with van der Waals surface area (Å²) in [5.74, 6) is 0.797. The lowest BCUT2D eigenvalue weighted by Gasteiger charge is -2.27. The summed E-state index contributed by atoms with van der Waals surface area (Å²) >= 11 is 0. The van der Waals surface area contributed by atoms with Gasteiger partial charge in [0.05, 0.1) is 0 Å². The topological polar surface area (TPSA) is 41.5 Å². The Morgan fingerprint density at radius 3 is 2.73 bits per heavy atom. The minimum Gasteiger partial charge on any atom is -0.491 e. The number of rotatable bonds is 6. The molecule has 0 saturated heterocycles. The molecule has 0 fully saturated rings. The smallest absolute Gasteiger partial charge is 0.120 e. The van der Waals surface area contributed by atoms with Crippen LogP contribution in [0.1, 0.15) is 30.0 Å². The van der Waals surface area contributed by atoms with Crippen molar-refractivity contribution in [1.82, 2.24) is 5.32 Å². The number of hydrogen-bond acceptors (Lipinski definition) is 3. The first-order valence-electron chi connectivity index (χ1n) is 9.40. The first kappa shape index (κ1) is 17.1. The van der Waals surface area contributed by atoms with E-state index in [-0.39, 0.29) is 0 Å². The highest BCUT2D eigenvalue weighted by Crippen LogP contribution is 2.29. The molecule has 0 bridgehead atoms. The van der Waals surface area contributed by atoms with Gasteiger partial charge in [-0.1, -0.05) is 54.6 Å². The van der Waals surface area contributed by atoms with E-state index >= 15 is 0 Å². The number of benzene rings is 3. The molecule has 3 nitrogen and oxygen atoms in total. The van der Waals surface area contributed by atoms with E-state index in [0.717, 1.165) is 24.0 Å². The van der Waals surface area contributed by atoms with Gasteiger partial charge in [0.25, 0.3) is 0 Å². The highest BCUT2D eigenvalue weighted by molar-refractivity contribution is 5.83. The van der Waals surface area contributed by atoms with Crippen LogP contribution in [0.4, 0.5) is 0 Å². The Hall–Kier alpha value is -2.36. The maximum Gasteiger partial charge on any atom is 0.120 e. The molecule has 0 radical (unpaired) electrons. The number of aryl methyl sites for hydroxylation is 1. The van der Waals surface area contributed by atoms with Gasteiger partial charge in [-0.15, -0.1) is 0 Å². The Bertz CT molecular complexity index is 877. The zero-order chi connectivity index (χ0) is 17.8. The van der Waals surface area contributed by atoms with Gasteiger partial charge >= 0.3 is 0 Å². The Morgan fingerprint density at radius 2 is 1.81 bits per heavy atom. The number of ether oxygens (including phenoxy) is 1. The minimum atomic E-state index is -0.532. The summed E-state index contributed by atoms with van der Waals surface area (Å²) in [6.07, 6.45) is 2.94. The SMILES string of the molecule is O[C@@H](CN[C@@H]1CCCc2ccccc21)COc1ccc2ccccc2c1. The van der Waals surface area contributed by atoms with Gasteiger partial charge in [0.2, 0.25) is 0 Å². The van der Waals surface area contributed by atoms with Gasteiger partial charge in [-0.25, -0.2) is 0 Å². The van der Waals surface area contributed by atoms with E-state index in [1.54, 1.807) is 0 Å². The van der Waals surface area contributed by atoms with Crippen LogP contribution < -0.4 is 10.1 Å². The lowest BCUT2D eigenvalue weighted by molar-refractivity contribution is 0.103. The van der Waals surface area contributed by atoms with Crippen molar-refractivity contribution in [3.8, 4) is 5.75 Å². The Kier molecular flexibility index (Phi) is 5.19. The monoisotopic (exact) mass is 347 g/mol. The standard InChI is InChI=1S/C23H25NO2/c25-20(15-24-23-11-5-9-18-7-3-4-10-22(18)23)16-26-21-13-12-17-6-1-2-8-19(17)14-21/h1-4,6-8,10,12-14,20,23-25H,5,9,11,15-16H2/t20-,23+/m0/s1. The second kappa shape index (κ2) is 7.90. The molecule has 0 saturated carbocycles. The molecule has 3 aromatic carbocycles. The van der Waals surface area contributed by atoms with E-state index in [0.29, 0.717) is 19.2 Å². The van der Waals surface area contributed by atoms with Crippen LogP contribution >= 0.6 is 0 Å². The van der Waals surface area contributed by atoms with Crippen LogP contribution in [0.3, 0.4) is 0 Å². The molecule has 26 heavy (non-hydrogen) atoms. The van der Waals surface area contributed by atoms with Crippen molar-refractivity contribution < 1.29 is 9.84 Å². The van der Waals surface area contributed by atoms with E-state index in [2.05, 4.69) is 41.7 Å². The summed E-state index contributed by atoms with van der Waals surface area (Å²) in [6.45, 7) is 0.826. The van der Waals surface area contributed by atoms with Crippen molar-refractivity contribution in [1.29, 1.82) is 0 Å². The molecule has 0 aliphatic heterocycles. The van der Waals surface area contributed by atoms with Gasteiger partial charge < -0.3 is 15.2 Å². The molecule has 0 heterocycles. The molecule has 4 rings (SSSR count). The minimum absolute atomic E-state index is 0.291. The summed E-state index contributed by atoms with van der Waals surface area (Å²) < 4.78 is 5.80. The molecular weight excluding hydrogens is 322 g/mol. The Labute approximate surface area is 154 Å². The molecule has 2 N–H and O–H groups in total. The molecule has 134 valence electrons. The van der Waals surface area contributed by atoms with Gasteiger partial charge in [-0.3, -0.25) is 0 Å². The molecule has 0 amide bonds. The predicted octanol–water partition coefficient (Wildman–Crippen LogP) is 4.25. The summed E-state index contributed by atoms with van der Waals surface area (Å²) in [4.78, 5) is 0. The van der Waals surface area contributed by atoms with Gasteiger partial charge in [0, 0.05) is 12.6 Å². The first-order valence-corrected chi connectivity index (χ1v) is 9.40. The number of fused-ring (bicyclic) bond motifs is 2. The van der Waals surface area contributed by atoms with E-state index in [4.69, 9.17) is 4.74 Å². The number of nitrogens with one attached hydrogen (secondary N) is 1. The van der Waals surface area contributed by atoms with Crippen molar-refractivity contribution in [3.05, 3.63) is 77.9 Å². The van der Waals surface area contributed by atoms with Gasteiger partial charge in [0.1, 0.15) is 18.5 Å². The second-order valence-corrected chi connectivity index (χ2v) is 7.03. The average Bonchev–Trinajstić information content (AvgIpc) is 2.70. The fourth-order valence-electron chi connectivity index (χ4n) is 3.75. The quantitative estimate of drug-likeness (QED) is 0.700. The van der Waals surface area contributed by atoms with Crippen molar-refractivity contribution in [2.75, 3.05) is 13.2 Å². The maximum absolute atomic E-state index is 10.3. The molecule has 0 unspecified atom stereocenters. The number of hydrogen-bond donors (Lipinski definition) is 2. The third-order valence-electron chi connectivity index (χ3n) is 5.13. The van der Waals surface area contributed by atoms with Crippen LogP contribution in [-0.2, 0) is 6.42 Å². The molecule has 1 aliphatic rings. The third-order valence-corrected chi connectivity index (χ3v) is 5.13. The highest BCUT2D eigenvalue weighted by Gasteiger charge is 2.20. The zero-order valence-corrected chi connectivity index (χ0v) is 14.9. The van der Waals surface area contributed by atoms with E-state index in [9.17, 15) is 5.11 Å². The fourth-order valence-corrected chi connectivity index (χ4v) is 3.75. The largest absolute Gasteiger partial charge is 0.491 e. The summed E-state index contributed by atoms with van der Waals surface area (Å²) in [6, 6.07) is 23.2. The van der Waals surface area contributed by atoms with Crippen LogP contribution in [0, 0.1) is 0 Å². The van der Waals surface area contributed by atoms with Crippen LogP contribution in [0.15, 0.2) is 66.7 Å². The lowest BCUT2D eigenvalue weighted by atomic mass is 9.88. The molecule has 3 heteroatoms. The second-order valence-electron chi connectivity index (χ2n) is 7.03. The van der Waals surface area contributed by atoms with Gasteiger partial charge in [0.15, 0.2) is 0 Å². The molecular formula is C23H25NO2. The maximum atomic E-state index is 10.3. The Balaban J connectivity index is 1.31. The van der Waals surface area contributed by atoms with Crippen LogP contribution in [0.25, 0.3) is 10.8 Å². The van der Waals surface area contributed by atoms with Crippen LogP contribution in [0.5, 0.6) is 5.75 Å². The number of aliphatic hydroxyl groups is 1. The van der Waals surface area contributed by atoms with Crippen molar-refractivity contribution in [2.24, 2.45) is 0 Å². The van der Waals surface area contributed by atoms with E-state index in [1.165, 1.54) is 22.9 Å². The van der Waals surface area contributed by atoms with E-state index < -0.39 is 6.10 Å². The zero-order valence-electron chi connectivity index (χ0n) is 14.9. The summed E-state index contributed by atoms with van der Waals surface area (Å²) in [7, 11) is 0. The van der Waals surface area contributed by atoms with Gasteiger partial charge in [-0.05, 0) is 53.3 Å². The van der Waals surface area contributed by atoms with Crippen molar-refractivity contribution in [2.45, 2.75) is 31.4 Å². The first-order chi connectivity index (χ1) is 12.8. The fraction of sp³-hybridized carbons (Fsp3) is 0.304. The molecule has 0 aromatic heterocycles. The molecule has 0 spiro atoms. The molecule has 2 atom stereocenters. The predicted molar refractivity (Wildman–Crippen MR) is 106 cm³/mol. The normalized spacial score (nSPS) is 17.7.